The second-order valence-corrected chi connectivity index (χ2v) is 5.79. The summed E-state index contributed by atoms with van der Waals surface area (Å²) in [5.41, 5.74) is 5.99. The van der Waals surface area contributed by atoms with Gasteiger partial charge in [-0.15, -0.1) is 0 Å². The molecule has 0 radical (unpaired) electrons. The second-order valence-electron chi connectivity index (χ2n) is 3.96. The van der Waals surface area contributed by atoms with E-state index in [9.17, 15) is 13.2 Å². The van der Waals surface area contributed by atoms with Crippen molar-refractivity contribution >= 4 is 21.6 Å². The number of amides is 1. The third kappa shape index (κ3) is 1.68. The van der Waals surface area contributed by atoms with Crippen LogP contribution in [0, 0.1) is 0 Å². The fourth-order valence-electron chi connectivity index (χ4n) is 1.87. The molecule has 0 atom stereocenters. The molecule has 2 rings (SSSR count). The van der Waals surface area contributed by atoms with Crippen molar-refractivity contribution in [3.05, 3.63) is 23.8 Å². The number of hydrogen-bond donors (Lipinski definition) is 1. The summed E-state index contributed by atoms with van der Waals surface area (Å²) >= 11 is 0. The van der Waals surface area contributed by atoms with Crippen molar-refractivity contribution in [3.8, 4) is 0 Å². The van der Waals surface area contributed by atoms with Crippen molar-refractivity contribution in [1.29, 1.82) is 0 Å². The first-order valence-electron chi connectivity index (χ1n) is 5.45. The summed E-state index contributed by atoms with van der Waals surface area (Å²) in [6, 6.07) is 4.50. The first kappa shape index (κ1) is 11.9. The molecule has 2 N–H and O–H groups in total. The van der Waals surface area contributed by atoms with Gasteiger partial charge in [0.25, 0.3) is 15.9 Å². The highest BCUT2D eigenvalue weighted by Gasteiger charge is 2.41. The van der Waals surface area contributed by atoms with Gasteiger partial charge in [-0.2, -0.15) is 0 Å². The molecule has 0 unspecified atom stereocenters. The molecule has 17 heavy (non-hydrogen) atoms. The quantitative estimate of drug-likeness (QED) is 0.822. The molecule has 5 nitrogen and oxygen atoms in total. The molecule has 1 aromatic rings. The van der Waals surface area contributed by atoms with E-state index in [2.05, 4.69) is 0 Å². The van der Waals surface area contributed by atoms with E-state index in [0.29, 0.717) is 6.42 Å². The maximum Gasteiger partial charge on any atom is 0.271 e. The Bertz CT molecular complexity index is 566. The van der Waals surface area contributed by atoms with Crippen molar-refractivity contribution < 1.29 is 13.2 Å². The van der Waals surface area contributed by atoms with Gasteiger partial charge in [-0.05, 0) is 18.6 Å². The van der Waals surface area contributed by atoms with Crippen LogP contribution in [-0.4, -0.2) is 25.2 Å². The van der Waals surface area contributed by atoms with Crippen LogP contribution >= 0.6 is 0 Å². The van der Waals surface area contributed by atoms with Crippen LogP contribution in [0.15, 0.2) is 23.1 Å². The maximum atomic E-state index is 12.1. The number of benzene rings is 1. The Hall–Kier alpha value is -1.56. The van der Waals surface area contributed by atoms with Gasteiger partial charge in [0.1, 0.15) is 4.90 Å². The number of sulfonamides is 1. The number of unbranched alkanes of at least 4 members (excludes halogenated alkanes) is 1. The average molecular weight is 254 g/mol. The molecule has 1 aromatic carbocycles. The fraction of sp³-hybridized carbons (Fsp3) is 0.364. The summed E-state index contributed by atoms with van der Waals surface area (Å²) in [6.07, 6.45) is 1.48. The molecule has 6 heteroatoms. The highest BCUT2D eigenvalue weighted by Crippen LogP contribution is 2.33. The number of fused-ring (bicyclic) bond motifs is 1. The van der Waals surface area contributed by atoms with Crippen LogP contribution in [0.3, 0.4) is 0 Å². The SMILES string of the molecule is CCCCN1C(=O)c2c(N)cccc2S1(=O)=O. The van der Waals surface area contributed by atoms with Gasteiger partial charge >= 0.3 is 0 Å². The minimum Gasteiger partial charge on any atom is -0.398 e. The van der Waals surface area contributed by atoms with E-state index < -0.39 is 15.9 Å². The summed E-state index contributed by atoms with van der Waals surface area (Å²) in [5.74, 6) is -0.508. The first-order valence-corrected chi connectivity index (χ1v) is 6.89. The molecule has 1 amide bonds. The van der Waals surface area contributed by atoms with Crippen molar-refractivity contribution in [3.63, 3.8) is 0 Å². The zero-order valence-electron chi connectivity index (χ0n) is 9.51. The molecular formula is C11H14N2O3S. The molecule has 92 valence electrons. The number of carbonyl (C=O) groups excluding carboxylic acids is 1. The number of anilines is 1. The highest BCUT2D eigenvalue weighted by molar-refractivity contribution is 7.90. The van der Waals surface area contributed by atoms with E-state index in [1.54, 1.807) is 6.07 Å². The highest BCUT2D eigenvalue weighted by atomic mass is 32.2. The van der Waals surface area contributed by atoms with Crippen molar-refractivity contribution in [2.75, 3.05) is 12.3 Å². The molecule has 0 saturated heterocycles. The molecular weight excluding hydrogens is 240 g/mol. The third-order valence-corrected chi connectivity index (χ3v) is 4.61. The smallest absolute Gasteiger partial charge is 0.271 e. The summed E-state index contributed by atoms with van der Waals surface area (Å²) in [6.45, 7) is 2.15. The molecule has 0 aliphatic carbocycles. The van der Waals surface area contributed by atoms with Crippen molar-refractivity contribution in [2.45, 2.75) is 24.7 Å². The molecule has 0 saturated carbocycles. The van der Waals surface area contributed by atoms with Gasteiger partial charge in [0.15, 0.2) is 0 Å². The zero-order chi connectivity index (χ0) is 12.6. The van der Waals surface area contributed by atoms with Gasteiger partial charge in [-0.1, -0.05) is 19.4 Å². The maximum absolute atomic E-state index is 12.1. The first-order chi connectivity index (χ1) is 8.00. The van der Waals surface area contributed by atoms with Gasteiger partial charge in [-0.3, -0.25) is 4.79 Å². The zero-order valence-corrected chi connectivity index (χ0v) is 10.3. The second kappa shape index (κ2) is 4.03. The third-order valence-electron chi connectivity index (χ3n) is 2.78. The van der Waals surface area contributed by atoms with Crippen LogP contribution in [0.5, 0.6) is 0 Å². The lowest BCUT2D eigenvalue weighted by Crippen LogP contribution is -2.31. The normalized spacial score (nSPS) is 17.2. The summed E-state index contributed by atoms with van der Waals surface area (Å²) < 4.78 is 25.1. The van der Waals surface area contributed by atoms with E-state index in [1.807, 2.05) is 6.92 Å². The van der Waals surface area contributed by atoms with Crippen LogP contribution in [-0.2, 0) is 10.0 Å². The summed E-state index contributed by atoms with van der Waals surface area (Å²) in [4.78, 5) is 12.0. The van der Waals surface area contributed by atoms with Crippen LogP contribution < -0.4 is 5.73 Å². The topological polar surface area (TPSA) is 80.5 Å². The van der Waals surface area contributed by atoms with Crippen molar-refractivity contribution in [2.24, 2.45) is 0 Å². The lowest BCUT2D eigenvalue weighted by atomic mass is 10.1. The molecule has 0 aromatic heterocycles. The average Bonchev–Trinajstić information content (AvgIpc) is 2.46. The minimum absolute atomic E-state index is 0.0265. The monoisotopic (exact) mass is 254 g/mol. The fourth-order valence-corrected chi connectivity index (χ4v) is 3.50. The van der Waals surface area contributed by atoms with E-state index in [1.165, 1.54) is 12.1 Å². The number of rotatable bonds is 3. The molecule has 1 heterocycles. The number of hydrogen-bond acceptors (Lipinski definition) is 4. The van der Waals surface area contributed by atoms with Gasteiger partial charge < -0.3 is 5.73 Å². The van der Waals surface area contributed by atoms with Gasteiger partial charge in [0.05, 0.1) is 5.56 Å². The lowest BCUT2D eigenvalue weighted by Gasteiger charge is -2.13. The number of nitrogens with zero attached hydrogens (tertiary/aromatic N) is 1. The van der Waals surface area contributed by atoms with Crippen molar-refractivity contribution in [1.82, 2.24) is 4.31 Å². The van der Waals surface area contributed by atoms with E-state index in [4.69, 9.17) is 5.73 Å². The molecule has 0 bridgehead atoms. The molecule has 0 fully saturated rings. The summed E-state index contributed by atoms with van der Waals surface area (Å²) in [5, 5.41) is 0. The Morgan fingerprint density at radius 2 is 2.06 bits per heavy atom. The Kier molecular flexibility index (Phi) is 2.82. The standard InChI is InChI=1S/C11H14N2O3S/c1-2-3-7-13-11(14)10-8(12)5-4-6-9(10)17(13,15)16/h4-6H,2-3,7,12H2,1H3. The van der Waals surface area contributed by atoms with Gasteiger partial charge in [0, 0.05) is 12.2 Å². The lowest BCUT2D eigenvalue weighted by molar-refractivity contribution is 0.0871. The van der Waals surface area contributed by atoms with Gasteiger partial charge in [0.2, 0.25) is 0 Å². The van der Waals surface area contributed by atoms with E-state index >= 15 is 0 Å². The Morgan fingerprint density at radius 1 is 1.35 bits per heavy atom. The number of carbonyl (C=O) groups is 1. The summed E-state index contributed by atoms with van der Waals surface area (Å²) in [7, 11) is -3.69. The van der Waals surface area contributed by atoms with Crippen LogP contribution in [0.1, 0.15) is 30.1 Å². The Balaban J connectivity index is 2.53. The van der Waals surface area contributed by atoms with Crippen LogP contribution in [0.2, 0.25) is 0 Å². The van der Waals surface area contributed by atoms with Gasteiger partial charge in [-0.25, -0.2) is 12.7 Å². The van der Waals surface area contributed by atoms with E-state index in [0.717, 1.165) is 10.7 Å². The molecule has 1 aliphatic rings. The molecule has 0 spiro atoms. The Morgan fingerprint density at radius 3 is 2.65 bits per heavy atom. The number of nitrogen functional groups attached to an aromatic ring is 1. The largest absolute Gasteiger partial charge is 0.398 e. The van der Waals surface area contributed by atoms with Crippen LogP contribution in [0.4, 0.5) is 5.69 Å². The van der Waals surface area contributed by atoms with E-state index in [-0.39, 0.29) is 22.7 Å². The predicted molar refractivity (Wildman–Crippen MR) is 64.0 cm³/mol. The predicted octanol–water partition coefficient (Wildman–Crippen LogP) is 1.21. The molecule has 1 aliphatic heterocycles. The minimum atomic E-state index is -3.69. The van der Waals surface area contributed by atoms with Crippen LogP contribution in [0.25, 0.3) is 0 Å². The Labute approximate surface area is 100 Å². The number of nitrogens with two attached hydrogens (primary N) is 1.